The summed E-state index contributed by atoms with van der Waals surface area (Å²) in [6.07, 6.45) is 5.51. The predicted molar refractivity (Wildman–Crippen MR) is 131 cm³/mol. The minimum absolute atomic E-state index is 0.273. The van der Waals surface area contributed by atoms with Crippen molar-refractivity contribution in [1.82, 2.24) is 4.90 Å². The van der Waals surface area contributed by atoms with Gasteiger partial charge in [-0.2, -0.15) is 0 Å². The van der Waals surface area contributed by atoms with Gasteiger partial charge in [0.25, 0.3) is 0 Å². The SMILES string of the molecule is CN(C)CC(O)COc1ccccc1/C=C/CCc1ccccc1OCc1ccccc1. The van der Waals surface area contributed by atoms with E-state index in [2.05, 4.69) is 36.4 Å². The summed E-state index contributed by atoms with van der Waals surface area (Å²) in [6.45, 7) is 1.41. The Labute approximate surface area is 191 Å². The summed E-state index contributed by atoms with van der Waals surface area (Å²) in [7, 11) is 3.87. The van der Waals surface area contributed by atoms with Crippen LogP contribution >= 0.6 is 0 Å². The molecular formula is C28H33NO3. The molecule has 0 saturated carbocycles. The van der Waals surface area contributed by atoms with E-state index in [0.717, 1.165) is 35.5 Å². The molecule has 168 valence electrons. The molecule has 0 heterocycles. The van der Waals surface area contributed by atoms with E-state index in [0.29, 0.717) is 13.2 Å². The van der Waals surface area contributed by atoms with Crippen molar-refractivity contribution in [1.29, 1.82) is 0 Å². The Bertz CT molecular complexity index is 969. The minimum Gasteiger partial charge on any atom is -0.490 e. The molecule has 0 fully saturated rings. The topological polar surface area (TPSA) is 41.9 Å². The van der Waals surface area contributed by atoms with Gasteiger partial charge in [0, 0.05) is 12.1 Å². The molecule has 3 rings (SSSR count). The van der Waals surface area contributed by atoms with E-state index >= 15 is 0 Å². The van der Waals surface area contributed by atoms with Crippen molar-refractivity contribution >= 4 is 6.08 Å². The van der Waals surface area contributed by atoms with Gasteiger partial charge in [0.1, 0.15) is 30.8 Å². The third-order valence-corrected chi connectivity index (χ3v) is 5.01. The van der Waals surface area contributed by atoms with Crippen LogP contribution in [0.25, 0.3) is 6.08 Å². The molecule has 0 aromatic heterocycles. The van der Waals surface area contributed by atoms with Crippen molar-refractivity contribution in [3.63, 3.8) is 0 Å². The summed E-state index contributed by atoms with van der Waals surface area (Å²) in [5.74, 6) is 1.72. The van der Waals surface area contributed by atoms with Crippen molar-refractivity contribution in [3.8, 4) is 11.5 Å². The molecule has 1 atom stereocenters. The van der Waals surface area contributed by atoms with E-state index in [1.807, 2.05) is 73.6 Å². The monoisotopic (exact) mass is 431 g/mol. The molecule has 4 nitrogen and oxygen atoms in total. The number of rotatable bonds is 12. The Balaban J connectivity index is 1.54. The number of benzene rings is 3. The van der Waals surface area contributed by atoms with Crippen LogP contribution in [0.5, 0.6) is 11.5 Å². The first kappa shape index (κ1) is 23.6. The van der Waals surface area contributed by atoms with Crippen molar-refractivity contribution in [2.45, 2.75) is 25.6 Å². The van der Waals surface area contributed by atoms with E-state index in [-0.39, 0.29) is 6.61 Å². The smallest absolute Gasteiger partial charge is 0.126 e. The maximum Gasteiger partial charge on any atom is 0.126 e. The van der Waals surface area contributed by atoms with Crippen LogP contribution in [-0.4, -0.2) is 43.4 Å². The van der Waals surface area contributed by atoms with E-state index in [4.69, 9.17) is 9.47 Å². The van der Waals surface area contributed by atoms with Crippen molar-refractivity contribution in [2.75, 3.05) is 27.2 Å². The number of hydrogen-bond donors (Lipinski definition) is 1. The molecule has 4 heteroatoms. The van der Waals surface area contributed by atoms with Gasteiger partial charge in [-0.15, -0.1) is 0 Å². The standard InChI is InChI=1S/C28H33NO3/c1-29(2)20-26(30)22-32-28-19-11-9-17-25(28)15-7-6-14-24-16-8-10-18-27(24)31-21-23-12-4-3-5-13-23/h3-5,7-13,15-19,26,30H,6,14,20-22H2,1-2H3/b15-7+. The minimum atomic E-state index is -0.519. The Morgan fingerprint density at radius 1 is 0.844 bits per heavy atom. The fraction of sp³-hybridized carbons (Fsp3) is 0.286. The van der Waals surface area contributed by atoms with Crippen LogP contribution in [0.3, 0.4) is 0 Å². The summed E-state index contributed by atoms with van der Waals surface area (Å²) < 4.78 is 11.9. The fourth-order valence-electron chi connectivity index (χ4n) is 3.45. The number of para-hydroxylation sites is 2. The summed E-state index contributed by atoms with van der Waals surface area (Å²) in [6, 6.07) is 26.3. The zero-order valence-corrected chi connectivity index (χ0v) is 19.0. The second-order valence-electron chi connectivity index (χ2n) is 8.09. The molecule has 1 unspecified atom stereocenters. The third-order valence-electron chi connectivity index (χ3n) is 5.01. The molecular weight excluding hydrogens is 398 g/mol. The van der Waals surface area contributed by atoms with Crippen LogP contribution in [0.1, 0.15) is 23.1 Å². The number of likely N-dealkylation sites (N-methyl/N-ethyl adjacent to an activating group) is 1. The maximum atomic E-state index is 10.1. The Hall–Kier alpha value is -3.08. The lowest BCUT2D eigenvalue weighted by Crippen LogP contribution is -2.30. The molecule has 0 spiro atoms. The van der Waals surface area contributed by atoms with Crippen LogP contribution in [0.2, 0.25) is 0 Å². The fourth-order valence-corrected chi connectivity index (χ4v) is 3.45. The molecule has 3 aromatic carbocycles. The van der Waals surface area contributed by atoms with Gasteiger partial charge in [0.05, 0.1) is 0 Å². The van der Waals surface area contributed by atoms with Crippen LogP contribution < -0.4 is 9.47 Å². The number of aliphatic hydroxyl groups excluding tert-OH is 1. The van der Waals surface area contributed by atoms with E-state index in [9.17, 15) is 5.11 Å². The van der Waals surface area contributed by atoms with E-state index in [1.165, 1.54) is 5.56 Å². The molecule has 3 aromatic rings. The van der Waals surface area contributed by atoms with Crippen LogP contribution in [-0.2, 0) is 13.0 Å². The summed E-state index contributed by atoms with van der Waals surface area (Å²) in [5.41, 5.74) is 3.37. The molecule has 0 aliphatic heterocycles. The van der Waals surface area contributed by atoms with Gasteiger partial charge >= 0.3 is 0 Å². The summed E-state index contributed by atoms with van der Waals surface area (Å²) in [5, 5.41) is 10.1. The Morgan fingerprint density at radius 2 is 1.53 bits per heavy atom. The lowest BCUT2D eigenvalue weighted by Gasteiger charge is -2.17. The number of nitrogens with zero attached hydrogens (tertiary/aromatic N) is 1. The molecule has 0 bridgehead atoms. The van der Waals surface area contributed by atoms with Crippen molar-refractivity contribution < 1.29 is 14.6 Å². The normalized spacial score (nSPS) is 12.2. The van der Waals surface area contributed by atoms with Crippen LogP contribution in [0.15, 0.2) is 84.9 Å². The van der Waals surface area contributed by atoms with E-state index < -0.39 is 6.10 Å². The number of allylic oxidation sites excluding steroid dienone is 1. The van der Waals surface area contributed by atoms with Gasteiger partial charge in [0.2, 0.25) is 0 Å². The number of aliphatic hydroxyl groups is 1. The average molecular weight is 432 g/mol. The molecule has 0 saturated heterocycles. The lowest BCUT2D eigenvalue weighted by atomic mass is 10.1. The van der Waals surface area contributed by atoms with Crippen LogP contribution in [0.4, 0.5) is 0 Å². The van der Waals surface area contributed by atoms with Gasteiger partial charge < -0.3 is 19.5 Å². The quantitative estimate of drug-likeness (QED) is 0.427. The first-order chi connectivity index (χ1) is 15.6. The first-order valence-corrected chi connectivity index (χ1v) is 11.1. The van der Waals surface area contributed by atoms with Gasteiger partial charge in [-0.05, 0) is 50.2 Å². The second kappa shape index (κ2) is 12.7. The van der Waals surface area contributed by atoms with Gasteiger partial charge in [-0.3, -0.25) is 0 Å². The Kier molecular flexibility index (Phi) is 9.36. The molecule has 32 heavy (non-hydrogen) atoms. The zero-order valence-electron chi connectivity index (χ0n) is 19.0. The third kappa shape index (κ3) is 7.88. The zero-order chi connectivity index (χ0) is 22.6. The summed E-state index contributed by atoms with van der Waals surface area (Å²) in [4.78, 5) is 1.95. The first-order valence-electron chi connectivity index (χ1n) is 11.1. The number of ether oxygens (including phenoxy) is 2. The van der Waals surface area contributed by atoms with Gasteiger partial charge in [-0.1, -0.05) is 78.9 Å². The lowest BCUT2D eigenvalue weighted by molar-refractivity contribution is 0.0830. The largest absolute Gasteiger partial charge is 0.490 e. The molecule has 0 aliphatic rings. The van der Waals surface area contributed by atoms with Gasteiger partial charge in [-0.25, -0.2) is 0 Å². The molecule has 0 aliphatic carbocycles. The number of aryl methyl sites for hydroxylation is 1. The molecule has 0 amide bonds. The second-order valence-corrected chi connectivity index (χ2v) is 8.09. The van der Waals surface area contributed by atoms with E-state index in [1.54, 1.807) is 0 Å². The highest BCUT2D eigenvalue weighted by molar-refractivity contribution is 5.57. The highest BCUT2D eigenvalue weighted by atomic mass is 16.5. The van der Waals surface area contributed by atoms with Crippen molar-refractivity contribution in [3.05, 3.63) is 102 Å². The van der Waals surface area contributed by atoms with Crippen LogP contribution in [0, 0.1) is 0 Å². The average Bonchev–Trinajstić information content (AvgIpc) is 2.80. The predicted octanol–water partition coefficient (Wildman–Crippen LogP) is 5.21. The summed E-state index contributed by atoms with van der Waals surface area (Å²) >= 11 is 0. The highest BCUT2D eigenvalue weighted by Gasteiger charge is 2.08. The molecule has 0 radical (unpaired) electrons. The number of hydrogen-bond acceptors (Lipinski definition) is 4. The highest BCUT2D eigenvalue weighted by Crippen LogP contribution is 2.23. The van der Waals surface area contributed by atoms with Crippen molar-refractivity contribution in [2.24, 2.45) is 0 Å². The van der Waals surface area contributed by atoms with Gasteiger partial charge in [0.15, 0.2) is 0 Å². The Morgan fingerprint density at radius 3 is 2.31 bits per heavy atom. The molecule has 1 N–H and O–H groups in total. The maximum absolute atomic E-state index is 10.1.